The molecule has 4 aliphatic carbocycles. The molecule has 1 aromatic rings. The van der Waals surface area contributed by atoms with Gasteiger partial charge >= 0.3 is 0 Å². The van der Waals surface area contributed by atoms with E-state index >= 15 is 0 Å². The molecule has 3 nitrogen and oxygen atoms in total. The third-order valence-electron chi connectivity index (χ3n) is 6.48. The Balaban J connectivity index is 1.65. The molecule has 4 saturated carbocycles. The van der Waals surface area contributed by atoms with Crippen LogP contribution in [0.25, 0.3) is 0 Å². The summed E-state index contributed by atoms with van der Waals surface area (Å²) in [5.41, 5.74) is 0. The summed E-state index contributed by atoms with van der Waals surface area (Å²) in [7, 11) is 0. The van der Waals surface area contributed by atoms with Gasteiger partial charge in [-0.25, -0.2) is 4.98 Å². The molecule has 116 valence electrons. The van der Waals surface area contributed by atoms with Crippen LogP contribution in [0.3, 0.4) is 0 Å². The van der Waals surface area contributed by atoms with Gasteiger partial charge in [-0.05, 0) is 75.2 Å². The minimum atomic E-state index is 0.472. The van der Waals surface area contributed by atoms with Crippen LogP contribution in [0.5, 0.6) is 0 Å². The van der Waals surface area contributed by atoms with Crippen LogP contribution in [0.4, 0.5) is 0 Å². The quantitative estimate of drug-likeness (QED) is 0.896. The van der Waals surface area contributed by atoms with E-state index in [1.807, 2.05) is 6.20 Å². The smallest absolute Gasteiger partial charge is 0.126 e. The molecule has 1 N–H and O–H groups in total. The summed E-state index contributed by atoms with van der Waals surface area (Å²) >= 11 is 0. The molecule has 1 atom stereocenters. The van der Waals surface area contributed by atoms with Crippen molar-refractivity contribution in [3.63, 3.8) is 0 Å². The molecule has 1 unspecified atom stereocenters. The molecular formula is C18H29N3. The van der Waals surface area contributed by atoms with Gasteiger partial charge in [0, 0.05) is 18.9 Å². The Morgan fingerprint density at radius 1 is 1.14 bits per heavy atom. The Kier molecular flexibility index (Phi) is 3.56. The number of imidazole rings is 1. The summed E-state index contributed by atoms with van der Waals surface area (Å²) in [5.74, 6) is 6.12. The van der Waals surface area contributed by atoms with E-state index in [-0.39, 0.29) is 0 Å². The first-order valence-corrected chi connectivity index (χ1v) is 9.04. The predicted molar refractivity (Wildman–Crippen MR) is 84.9 cm³/mol. The van der Waals surface area contributed by atoms with E-state index in [1.54, 1.807) is 0 Å². The van der Waals surface area contributed by atoms with Crippen LogP contribution in [0.2, 0.25) is 0 Å². The van der Waals surface area contributed by atoms with Crippen LogP contribution in [0, 0.1) is 29.6 Å². The Labute approximate surface area is 128 Å². The maximum atomic E-state index is 4.74. The SMILES string of the molecule is CCNC(c1nccn1CC)C1C2CC3CC(C2)CC1C3. The first-order chi connectivity index (χ1) is 10.3. The van der Waals surface area contributed by atoms with Gasteiger partial charge in [0.05, 0.1) is 6.04 Å². The second kappa shape index (κ2) is 5.42. The number of nitrogens with one attached hydrogen (secondary N) is 1. The average Bonchev–Trinajstić information content (AvgIpc) is 2.93. The highest BCUT2D eigenvalue weighted by atomic mass is 15.1. The first kappa shape index (κ1) is 13.8. The number of hydrogen-bond acceptors (Lipinski definition) is 2. The van der Waals surface area contributed by atoms with E-state index in [4.69, 9.17) is 4.98 Å². The average molecular weight is 287 g/mol. The van der Waals surface area contributed by atoms with Crippen molar-refractivity contribution >= 4 is 0 Å². The van der Waals surface area contributed by atoms with E-state index in [0.717, 1.165) is 42.7 Å². The lowest BCUT2D eigenvalue weighted by Crippen LogP contribution is -2.50. The van der Waals surface area contributed by atoms with Crippen LogP contribution in [-0.4, -0.2) is 16.1 Å². The Morgan fingerprint density at radius 2 is 1.81 bits per heavy atom. The van der Waals surface area contributed by atoms with Gasteiger partial charge < -0.3 is 9.88 Å². The Bertz CT molecular complexity index is 464. The number of rotatable bonds is 5. The normalized spacial score (nSPS) is 38.9. The lowest BCUT2D eigenvalue weighted by molar-refractivity contribution is -0.0539. The molecular weight excluding hydrogens is 258 g/mol. The van der Waals surface area contributed by atoms with Crippen molar-refractivity contribution in [2.45, 2.75) is 58.5 Å². The van der Waals surface area contributed by atoms with Crippen molar-refractivity contribution in [3.8, 4) is 0 Å². The summed E-state index contributed by atoms with van der Waals surface area (Å²) in [4.78, 5) is 4.74. The maximum absolute atomic E-state index is 4.74. The van der Waals surface area contributed by atoms with Crippen molar-refractivity contribution in [2.75, 3.05) is 6.54 Å². The van der Waals surface area contributed by atoms with Crippen LogP contribution >= 0.6 is 0 Å². The monoisotopic (exact) mass is 287 g/mol. The highest BCUT2D eigenvalue weighted by molar-refractivity contribution is 5.09. The van der Waals surface area contributed by atoms with Crippen molar-refractivity contribution in [3.05, 3.63) is 18.2 Å². The fourth-order valence-corrected chi connectivity index (χ4v) is 6.00. The zero-order valence-electron chi connectivity index (χ0n) is 13.5. The standard InChI is InChI=1S/C18H29N3/c1-3-19-17(18-20-5-6-21(18)4-2)16-14-8-12-7-13(10-14)11-15(16)9-12/h5-6,12-17,19H,3-4,7-11H2,1-2H3. The summed E-state index contributed by atoms with van der Waals surface area (Å²) in [6.45, 7) is 6.54. The van der Waals surface area contributed by atoms with Gasteiger partial charge in [0.25, 0.3) is 0 Å². The number of aryl methyl sites for hydroxylation is 1. The van der Waals surface area contributed by atoms with Gasteiger partial charge in [-0.3, -0.25) is 0 Å². The Morgan fingerprint density at radius 3 is 2.38 bits per heavy atom. The fraction of sp³-hybridized carbons (Fsp3) is 0.833. The van der Waals surface area contributed by atoms with Crippen molar-refractivity contribution < 1.29 is 0 Å². The number of hydrogen-bond donors (Lipinski definition) is 1. The second-order valence-corrected chi connectivity index (χ2v) is 7.61. The van der Waals surface area contributed by atoms with Gasteiger partial charge in [-0.2, -0.15) is 0 Å². The summed E-state index contributed by atoms with van der Waals surface area (Å²) in [6, 6.07) is 0.472. The first-order valence-electron chi connectivity index (χ1n) is 9.04. The van der Waals surface area contributed by atoms with Gasteiger partial charge in [0.2, 0.25) is 0 Å². The molecule has 21 heavy (non-hydrogen) atoms. The second-order valence-electron chi connectivity index (χ2n) is 7.61. The van der Waals surface area contributed by atoms with E-state index in [9.17, 15) is 0 Å². The van der Waals surface area contributed by atoms with Gasteiger partial charge in [-0.1, -0.05) is 6.92 Å². The molecule has 5 rings (SSSR count). The van der Waals surface area contributed by atoms with Crippen molar-refractivity contribution in [2.24, 2.45) is 29.6 Å². The third-order valence-corrected chi connectivity index (χ3v) is 6.48. The van der Waals surface area contributed by atoms with Crippen LogP contribution in [-0.2, 0) is 6.54 Å². The molecule has 0 spiro atoms. The third kappa shape index (κ3) is 2.25. The molecule has 3 heteroatoms. The largest absolute Gasteiger partial charge is 0.334 e. The van der Waals surface area contributed by atoms with Crippen molar-refractivity contribution in [1.82, 2.24) is 14.9 Å². The molecule has 0 radical (unpaired) electrons. The lowest BCUT2D eigenvalue weighted by atomic mass is 9.50. The van der Waals surface area contributed by atoms with E-state index in [0.29, 0.717) is 6.04 Å². The molecule has 0 aromatic carbocycles. The maximum Gasteiger partial charge on any atom is 0.126 e. The van der Waals surface area contributed by atoms with Gasteiger partial charge in [0.1, 0.15) is 5.82 Å². The zero-order valence-corrected chi connectivity index (χ0v) is 13.5. The molecule has 4 bridgehead atoms. The minimum Gasteiger partial charge on any atom is -0.334 e. The minimum absolute atomic E-state index is 0.472. The number of aromatic nitrogens is 2. The van der Waals surface area contributed by atoms with E-state index in [1.165, 1.54) is 37.9 Å². The Hall–Kier alpha value is -0.830. The molecule has 4 aliphatic rings. The molecule has 0 saturated heterocycles. The molecule has 0 amide bonds. The van der Waals surface area contributed by atoms with Crippen LogP contribution < -0.4 is 5.32 Å². The fourth-order valence-electron chi connectivity index (χ4n) is 6.00. The lowest BCUT2D eigenvalue weighted by Gasteiger charge is -2.56. The zero-order chi connectivity index (χ0) is 14.4. The molecule has 4 fully saturated rings. The molecule has 1 heterocycles. The summed E-state index contributed by atoms with van der Waals surface area (Å²) in [6.07, 6.45) is 11.6. The van der Waals surface area contributed by atoms with Gasteiger partial charge in [-0.15, -0.1) is 0 Å². The van der Waals surface area contributed by atoms with Crippen LogP contribution in [0.1, 0.15) is 57.8 Å². The van der Waals surface area contributed by atoms with E-state index < -0.39 is 0 Å². The molecule has 1 aromatic heterocycles. The number of nitrogens with zero attached hydrogens (tertiary/aromatic N) is 2. The predicted octanol–water partition coefficient (Wildman–Crippen LogP) is 3.63. The van der Waals surface area contributed by atoms with Crippen LogP contribution in [0.15, 0.2) is 12.4 Å². The highest BCUT2D eigenvalue weighted by Gasteiger charge is 2.51. The molecule has 0 aliphatic heterocycles. The topological polar surface area (TPSA) is 29.9 Å². The highest BCUT2D eigenvalue weighted by Crippen LogP contribution is 2.59. The van der Waals surface area contributed by atoms with Gasteiger partial charge in [0.15, 0.2) is 0 Å². The van der Waals surface area contributed by atoms with Crippen molar-refractivity contribution in [1.29, 1.82) is 0 Å². The summed E-state index contributed by atoms with van der Waals surface area (Å²) in [5, 5.41) is 3.80. The van der Waals surface area contributed by atoms with E-state index in [2.05, 4.69) is 29.9 Å². The summed E-state index contributed by atoms with van der Waals surface area (Å²) < 4.78 is 2.35.